The normalized spacial score (nSPS) is 17.8. The average molecular weight is 330 g/mol. The zero-order valence-electron chi connectivity index (χ0n) is 14.0. The van der Waals surface area contributed by atoms with Gasteiger partial charge in [0.25, 0.3) is 0 Å². The number of pyridine rings is 1. The Hall–Kier alpha value is -2.41. The van der Waals surface area contributed by atoms with E-state index in [1.165, 1.54) is 0 Å². The molecule has 1 saturated heterocycles. The average Bonchev–Trinajstić information content (AvgIpc) is 3.00. The third kappa shape index (κ3) is 3.73. The van der Waals surface area contributed by atoms with Gasteiger partial charge in [-0.25, -0.2) is 9.78 Å². The Morgan fingerprint density at radius 2 is 2.38 bits per heavy atom. The van der Waals surface area contributed by atoms with Crippen molar-refractivity contribution in [1.29, 1.82) is 0 Å². The smallest absolute Gasteiger partial charge is 0.341 e. The summed E-state index contributed by atoms with van der Waals surface area (Å²) in [7, 11) is 0. The summed E-state index contributed by atoms with van der Waals surface area (Å²) in [5.74, 6) is 0.312. The molecule has 0 amide bonds. The van der Waals surface area contributed by atoms with Crippen molar-refractivity contribution >= 4 is 11.8 Å². The molecule has 0 saturated carbocycles. The quantitative estimate of drug-likeness (QED) is 0.777. The Labute approximate surface area is 141 Å². The minimum Gasteiger partial charge on any atom is -0.462 e. The molecule has 2 aromatic heterocycles. The Morgan fingerprint density at radius 1 is 1.50 bits per heavy atom. The first-order valence-corrected chi connectivity index (χ1v) is 8.15. The number of carbonyl (C=O) groups is 1. The van der Waals surface area contributed by atoms with Gasteiger partial charge in [0, 0.05) is 25.5 Å². The number of anilines is 1. The van der Waals surface area contributed by atoms with E-state index < -0.39 is 0 Å². The van der Waals surface area contributed by atoms with Crippen LogP contribution in [0.4, 0.5) is 5.82 Å². The molecule has 0 spiro atoms. The van der Waals surface area contributed by atoms with Crippen molar-refractivity contribution in [3.8, 4) is 0 Å². The number of hydrogen-bond donors (Lipinski definition) is 0. The number of esters is 1. The minimum absolute atomic E-state index is 0.00454. The molecular formula is C17H22N4O3. The van der Waals surface area contributed by atoms with Crippen molar-refractivity contribution in [2.75, 3.05) is 31.2 Å². The van der Waals surface area contributed by atoms with Gasteiger partial charge in [-0.05, 0) is 31.5 Å². The summed E-state index contributed by atoms with van der Waals surface area (Å²) in [6.45, 7) is 6.76. The molecule has 7 nitrogen and oxygen atoms in total. The van der Waals surface area contributed by atoms with Crippen LogP contribution in [-0.4, -0.2) is 53.1 Å². The van der Waals surface area contributed by atoms with E-state index in [0.29, 0.717) is 44.2 Å². The van der Waals surface area contributed by atoms with Crippen LogP contribution in [0.2, 0.25) is 0 Å². The summed E-state index contributed by atoms with van der Waals surface area (Å²) >= 11 is 0. The molecule has 2 aromatic rings. The van der Waals surface area contributed by atoms with E-state index in [2.05, 4.69) is 15.0 Å². The van der Waals surface area contributed by atoms with Gasteiger partial charge in [-0.3, -0.25) is 4.68 Å². The monoisotopic (exact) mass is 330 g/mol. The number of aromatic nitrogens is 3. The molecule has 0 aromatic carbocycles. The highest BCUT2D eigenvalue weighted by Gasteiger charge is 2.25. The van der Waals surface area contributed by atoms with Gasteiger partial charge in [0.1, 0.15) is 11.4 Å². The molecule has 1 aliphatic rings. The van der Waals surface area contributed by atoms with Crippen molar-refractivity contribution in [2.45, 2.75) is 26.5 Å². The number of rotatable bonds is 5. The van der Waals surface area contributed by atoms with E-state index in [9.17, 15) is 4.79 Å². The standard InChI is InChI=1S/C17H22N4O3/c1-3-23-17(22)15-5-4-6-18-16(15)20-7-8-24-14(11-20)12-21-10-13(2)9-19-21/h4-6,9-10,14H,3,7-8,11-12H2,1-2H3. The molecule has 1 fully saturated rings. The second-order valence-electron chi connectivity index (χ2n) is 5.77. The molecule has 3 rings (SSSR count). The fraction of sp³-hybridized carbons (Fsp3) is 0.471. The maximum Gasteiger partial charge on any atom is 0.341 e. The SMILES string of the molecule is CCOC(=O)c1cccnc1N1CCOC(Cn2cc(C)cn2)C1. The molecule has 0 bridgehead atoms. The topological polar surface area (TPSA) is 69.5 Å². The van der Waals surface area contributed by atoms with Gasteiger partial charge in [-0.2, -0.15) is 5.10 Å². The highest BCUT2D eigenvalue weighted by atomic mass is 16.5. The van der Waals surface area contributed by atoms with Crippen molar-refractivity contribution in [3.63, 3.8) is 0 Å². The molecule has 0 radical (unpaired) electrons. The number of ether oxygens (including phenoxy) is 2. The predicted molar refractivity (Wildman–Crippen MR) is 89.1 cm³/mol. The van der Waals surface area contributed by atoms with Crippen LogP contribution in [0.15, 0.2) is 30.7 Å². The third-order valence-electron chi connectivity index (χ3n) is 3.87. The lowest BCUT2D eigenvalue weighted by atomic mass is 10.2. The van der Waals surface area contributed by atoms with Crippen LogP contribution >= 0.6 is 0 Å². The van der Waals surface area contributed by atoms with Gasteiger partial charge >= 0.3 is 5.97 Å². The number of carbonyl (C=O) groups excluding carboxylic acids is 1. The van der Waals surface area contributed by atoms with Crippen molar-refractivity contribution in [3.05, 3.63) is 41.9 Å². The molecular weight excluding hydrogens is 308 g/mol. The Morgan fingerprint density at radius 3 is 3.12 bits per heavy atom. The second kappa shape index (κ2) is 7.44. The molecule has 7 heteroatoms. The van der Waals surface area contributed by atoms with E-state index in [1.807, 2.05) is 24.0 Å². The summed E-state index contributed by atoms with van der Waals surface area (Å²) in [5, 5.41) is 4.31. The van der Waals surface area contributed by atoms with Gasteiger partial charge in [0.15, 0.2) is 0 Å². The molecule has 1 unspecified atom stereocenters. The van der Waals surface area contributed by atoms with Crippen LogP contribution in [0.1, 0.15) is 22.8 Å². The molecule has 0 aliphatic carbocycles. The Bertz CT molecular complexity index is 701. The zero-order valence-corrected chi connectivity index (χ0v) is 14.0. The first kappa shape index (κ1) is 16.4. The molecule has 24 heavy (non-hydrogen) atoms. The fourth-order valence-corrected chi connectivity index (χ4v) is 2.81. The summed E-state index contributed by atoms with van der Waals surface area (Å²) in [5.41, 5.74) is 1.62. The highest BCUT2D eigenvalue weighted by Crippen LogP contribution is 2.21. The van der Waals surface area contributed by atoms with Crippen LogP contribution in [0.25, 0.3) is 0 Å². The lowest BCUT2D eigenvalue weighted by Crippen LogP contribution is -2.45. The van der Waals surface area contributed by atoms with E-state index in [1.54, 1.807) is 25.3 Å². The number of hydrogen-bond acceptors (Lipinski definition) is 6. The van der Waals surface area contributed by atoms with Crippen LogP contribution < -0.4 is 4.90 Å². The number of aryl methyl sites for hydroxylation is 1. The summed E-state index contributed by atoms with van der Waals surface area (Å²) in [6, 6.07) is 3.50. The summed E-state index contributed by atoms with van der Waals surface area (Å²) < 4.78 is 12.9. The predicted octanol–water partition coefficient (Wildman–Crippen LogP) is 1.67. The van der Waals surface area contributed by atoms with Crippen molar-refractivity contribution in [2.24, 2.45) is 0 Å². The molecule has 128 valence electrons. The van der Waals surface area contributed by atoms with E-state index >= 15 is 0 Å². The number of nitrogens with zero attached hydrogens (tertiary/aromatic N) is 4. The largest absolute Gasteiger partial charge is 0.462 e. The number of morpholine rings is 1. The second-order valence-corrected chi connectivity index (χ2v) is 5.77. The first-order valence-electron chi connectivity index (χ1n) is 8.15. The lowest BCUT2D eigenvalue weighted by molar-refractivity contribution is 0.0269. The maximum atomic E-state index is 12.1. The summed E-state index contributed by atoms with van der Waals surface area (Å²) in [6.07, 6.45) is 5.51. The highest BCUT2D eigenvalue weighted by molar-refractivity contribution is 5.94. The van der Waals surface area contributed by atoms with Gasteiger partial charge in [0.05, 0.1) is 32.1 Å². The van der Waals surface area contributed by atoms with Crippen molar-refractivity contribution < 1.29 is 14.3 Å². The Balaban J connectivity index is 1.74. The minimum atomic E-state index is -0.341. The lowest BCUT2D eigenvalue weighted by Gasteiger charge is -2.34. The van der Waals surface area contributed by atoms with Crippen LogP contribution in [-0.2, 0) is 16.0 Å². The Kier molecular flexibility index (Phi) is 5.10. The third-order valence-corrected chi connectivity index (χ3v) is 3.87. The fourth-order valence-electron chi connectivity index (χ4n) is 2.81. The van der Waals surface area contributed by atoms with E-state index in [-0.39, 0.29) is 12.1 Å². The van der Waals surface area contributed by atoms with Crippen LogP contribution in [0, 0.1) is 6.92 Å². The summed E-state index contributed by atoms with van der Waals surface area (Å²) in [4.78, 5) is 18.6. The van der Waals surface area contributed by atoms with Crippen LogP contribution in [0.3, 0.4) is 0 Å². The first-order chi connectivity index (χ1) is 11.7. The van der Waals surface area contributed by atoms with Gasteiger partial charge in [-0.15, -0.1) is 0 Å². The molecule has 0 N–H and O–H groups in total. The van der Waals surface area contributed by atoms with Gasteiger partial charge < -0.3 is 14.4 Å². The zero-order chi connectivity index (χ0) is 16.9. The maximum absolute atomic E-state index is 12.1. The van der Waals surface area contributed by atoms with Gasteiger partial charge in [0.2, 0.25) is 0 Å². The molecule has 3 heterocycles. The van der Waals surface area contributed by atoms with Crippen LogP contribution in [0.5, 0.6) is 0 Å². The van der Waals surface area contributed by atoms with E-state index in [4.69, 9.17) is 9.47 Å². The van der Waals surface area contributed by atoms with Crippen molar-refractivity contribution in [1.82, 2.24) is 14.8 Å². The van der Waals surface area contributed by atoms with E-state index in [0.717, 1.165) is 5.56 Å². The molecule has 1 aliphatic heterocycles. The van der Waals surface area contributed by atoms with Gasteiger partial charge in [-0.1, -0.05) is 0 Å². The molecule has 1 atom stereocenters.